The Kier molecular flexibility index (Phi) is 3.93. The molecule has 0 unspecified atom stereocenters. The molecule has 0 aliphatic rings. The molecule has 0 radical (unpaired) electrons. The minimum Gasteiger partial charge on any atom is -0.241 e. The zero-order chi connectivity index (χ0) is 12.3. The van der Waals surface area contributed by atoms with Gasteiger partial charge in [0.1, 0.15) is 5.01 Å². The van der Waals surface area contributed by atoms with E-state index in [0.717, 1.165) is 27.2 Å². The number of nitriles is 1. The Labute approximate surface area is 113 Å². The third-order valence-electron chi connectivity index (χ3n) is 2.47. The molecule has 0 aliphatic heterocycles. The molecule has 0 bridgehead atoms. The van der Waals surface area contributed by atoms with Gasteiger partial charge in [0.25, 0.3) is 0 Å². The van der Waals surface area contributed by atoms with Gasteiger partial charge in [-0.15, -0.1) is 11.3 Å². The Balaban J connectivity index is 2.30. The molecule has 0 spiro atoms. The standard InChI is InChI=1S/C13H11BrN2S/c1-9-4-5-10(14)7-12(9)13-16-11(8-17-13)3-2-6-15/h4-5,7-8H,2-3H2,1H3. The number of halogens is 1. The Morgan fingerprint density at radius 3 is 3.06 bits per heavy atom. The van der Waals surface area contributed by atoms with Crippen LogP contribution in [0.4, 0.5) is 0 Å². The Bertz CT molecular complexity index is 569. The first kappa shape index (κ1) is 12.3. The van der Waals surface area contributed by atoms with Crippen LogP contribution in [0.15, 0.2) is 28.1 Å². The van der Waals surface area contributed by atoms with E-state index in [2.05, 4.69) is 46.0 Å². The lowest BCUT2D eigenvalue weighted by Gasteiger charge is -2.02. The molecule has 0 aliphatic carbocycles. The van der Waals surface area contributed by atoms with Crippen molar-refractivity contribution < 1.29 is 0 Å². The summed E-state index contributed by atoms with van der Waals surface area (Å²) < 4.78 is 1.06. The lowest BCUT2D eigenvalue weighted by molar-refractivity contribution is 0.969. The zero-order valence-electron chi connectivity index (χ0n) is 9.40. The molecule has 0 saturated carbocycles. The summed E-state index contributed by atoms with van der Waals surface area (Å²) in [7, 11) is 0. The van der Waals surface area contributed by atoms with Gasteiger partial charge in [0.2, 0.25) is 0 Å². The second-order valence-electron chi connectivity index (χ2n) is 3.76. The van der Waals surface area contributed by atoms with Crippen LogP contribution in [-0.2, 0) is 6.42 Å². The first-order chi connectivity index (χ1) is 8.20. The van der Waals surface area contributed by atoms with Gasteiger partial charge in [0, 0.05) is 28.3 Å². The van der Waals surface area contributed by atoms with E-state index in [9.17, 15) is 0 Å². The molecule has 17 heavy (non-hydrogen) atoms. The van der Waals surface area contributed by atoms with Gasteiger partial charge in [-0.05, 0) is 24.6 Å². The van der Waals surface area contributed by atoms with Crippen LogP contribution in [0, 0.1) is 18.3 Å². The van der Waals surface area contributed by atoms with Crippen molar-refractivity contribution in [3.63, 3.8) is 0 Å². The summed E-state index contributed by atoms with van der Waals surface area (Å²) in [4.78, 5) is 4.57. The van der Waals surface area contributed by atoms with Crippen molar-refractivity contribution in [3.8, 4) is 16.6 Å². The molecule has 86 valence electrons. The molecule has 2 nitrogen and oxygen atoms in total. The molecule has 2 aromatic rings. The maximum atomic E-state index is 8.55. The number of hydrogen-bond acceptors (Lipinski definition) is 3. The third-order valence-corrected chi connectivity index (χ3v) is 3.89. The van der Waals surface area contributed by atoms with Crippen molar-refractivity contribution >= 4 is 27.3 Å². The van der Waals surface area contributed by atoms with Crippen molar-refractivity contribution in [1.82, 2.24) is 4.98 Å². The molecular weight excluding hydrogens is 296 g/mol. The predicted molar refractivity (Wildman–Crippen MR) is 73.9 cm³/mol. The van der Waals surface area contributed by atoms with Gasteiger partial charge in [-0.1, -0.05) is 22.0 Å². The van der Waals surface area contributed by atoms with E-state index in [0.29, 0.717) is 6.42 Å². The van der Waals surface area contributed by atoms with Crippen LogP contribution < -0.4 is 0 Å². The van der Waals surface area contributed by atoms with E-state index >= 15 is 0 Å². The molecule has 0 atom stereocenters. The first-order valence-electron chi connectivity index (χ1n) is 5.28. The van der Waals surface area contributed by atoms with Gasteiger partial charge < -0.3 is 0 Å². The summed E-state index contributed by atoms with van der Waals surface area (Å²) in [6.45, 7) is 2.08. The highest BCUT2D eigenvalue weighted by atomic mass is 79.9. The van der Waals surface area contributed by atoms with Crippen molar-refractivity contribution in [2.24, 2.45) is 0 Å². The summed E-state index contributed by atoms with van der Waals surface area (Å²) in [5.41, 5.74) is 3.38. The van der Waals surface area contributed by atoms with Crippen molar-refractivity contribution in [2.75, 3.05) is 0 Å². The van der Waals surface area contributed by atoms with Crippen LogP contribution in [0.25, 0.3) is 10.6 Å². The Morgan fingerprint density at radius 1 is 1.47 bits per heavy atom. The molecule has 2 rings (SSSR count). The van der Waals surface area contributed by atoms with Gasteiger partial charge in [-0.3, -0.25) is 0 Å². The topological polar surface area (TPSA) is 36.7 Å². The van der Waals surface area contributed by atoms with Crippen LogP contribution in [0.1, 0.15) is 17.7 Å². The summed E-state index contributed by atoms with van der Waals surface area (Å²) in [6, 6.07) is 8.34. The number of aromatic nitrogens is 1. The quantitative estimate of drug-likeness (QED) is 0.846. The van der Waals surface area contributed by atoms with Gasteiger partial charge in [-0.2, -0.15) is 5.26 Å². The molecule has 0 fully saturated rings. The van der Waals surface area contributed by atoms with Crippen LogP contribution >= 0.6 is 27.3 Å². The molecule has 0 amide bonds. The number of thiazole rings is 1. The lowest BCUT2D eigenvalue weighted by Crippen LogP contribution is -1.86. The van der Waals surface area contributed by atoms with Crippen molar-refractivity contribution in [1.29, 1.82) is 5.26 Å². The molecular formula is C13H11BrN2S. The van der Waals surface area contributed by atoms with E-state index in [1.807, 2.05) is 11.4 Å². The van der Waals surface area contributed by atoms with Crippen LogP contribution in [-0.4, -0.2) is 4.98 Å². The fourth-order valence-electron chi connectivity index (χ4n) is 1.55. The Morgan fingerprint density at radius 2 is 2.29 bits per heavy atom. The van der Waals surface area contributed by atoms with Gasteiger partial charge >= 0.3 is 0 Å². The summed E-state index contributed by atoms with van der Waals surface area (Å²) in [6.07, 6.45) is 1.26. The second kappa shape index (κ2) is 5.44. The molecule has 1 heterocycles. The zero-order valence-corrected chi connectivity index (χ0v) is 11.8. The smallest absolute Gasteiger partial charge is 0.123 e. The number of nitrogens with zero attached hydrogens (tertiary/aromatic N) is 2. The van der Waals surface area contributed by atoms with Gasteiger partial charge in [0.15, 0.2) is 0 Å². The summed E-state index contributed by atoms with van der Waals surface area (Å²) in [5.74, 6) is 0. The van der Waals surface area contributed by atoms with Crippen molar-refractivity contribution in [2.45, 2.75) is 19.8 Å². The minimum atomic E-state index is 0.528. The van der Waals surface area contributed by atoms with E-state index in [1.54, 1.807) is 11.3 Å². The van der Waals surface area contributed by atoms with Gasteiger partial charge in [-0.25, -0.2) is 4.98 Å². The number of benzene rings is 1. The van der Waals surface area contributed by atoms with E-state index in [4.69, 9.17) is 5.26 Å². The maximum Gasteiger partial charge on any atom is 0.123 e. The average molecular weight is 307 g/mol. The highest BCUT2D eigenvalue weighted by Crippen LogP contribution is 2.29. The van der Waals surface area contributed by atoms with Gasteiger partial charge in [0.05, 0.1) is 11.8 Å². The number of aryl methyl sites for hydroxylation is 2. The van der Waals surface area contributed by atoms with E-state index in [1.165, 1.54) is 5.56 Å². The maximum absolute atomic E-state index is 8.55. The fraction of sp³-hybridized carbons (Fsp3) is 0.231. The highest BCUT2D eigenvalue weighted by molar-refractivity contribution is 9.10. The largest absolute Gasteiger partial charge is 0.241 e. The molecule has 0 saturated heterocycles. The second-order valence-corrected chi connectivity index (χ2v) is 5.54. The molecule has 1 aromatic heterocycles. The molecule has 1 aromatic carbocycles. The fourth-order valence-corrected chi connectivity index (χ4v) is 2.85. The third kappa shape index (κ3) is 2.93. The lowest BCUT2D eigenvalue weighted by atomic mass is 10.1. The van der Waals surface area contributed by atoms with Crippen LogP contribution in [0.3, 0.4) is 0 Å². The minimum absolute atomic E-state index is 0.528. The summed E-state index contributed by atoms with van der Waals surface area (Å²) >= 11 is 5.11. The molecule has 4 heteroatoms. The molecule has 0 N–H and O–H groups in total. The predicted octanol–water partition coefficient (Wildman–Crippen LogP) is 4.34. The number of rotatable bonds is 3. The summed E-state index contributed by atoms with van der Waals surface area (Å²) in [5, 5.41) is 11.6. The van der Waals surface area contributed by atoms with Crippen LogP contribution in [0.2, 0.25) is 0 Å². The van der Waals surface area contributed by atoms with Crippen LogP contribution in [0.5, 0.6) is 0 Å². The highest BCUT2D eigenvalue weighted by Gasteiger charge is 2.07. The first-order valence-corrected chi connectivity index (χ1v) is 6.96. The normalized spacial score (nSPS) is 10.2. The SMILES string of the molecule is Cc1ccc(Br)cc1-c1nc(CCC#N)cs1. The van der Waals surface area contributed by atoms with Crippen molar-refractivity contribution in [3.05, 3.63) is 39.3 Å². The monoisotopic (exact) mass is 306 g/mol. The Hall–Kier alpha value is -1.18. The number of hydrogen-bond donors (Lipinski definition) is 0. The average Bonchev–Trinajstić information content (AvgIpc) is 2.78. The van der Waals surface area contributed by atoms with E-state index < -0.39 is 0 Å². The van der Waals surface area contributed by atoms with E-state index in [-0.39, 0.29) is 0 Å².